The summed E-state index contributed by atoms with van der Waals surface area (Å²) in [6.45, 7) is 2.33. The highest BCUT2D eigenvalue weighted by Gasteiger charge is 2.17. The monoisotopic (exact) mass is 676 g/mol. The minimum atomic E-state index is -1.58. The highest BCUT2D eigenvalue weighted by atomic mass is 16.7. The third-order valence-electron chi connectivity index (χ3n) is 7.51. The quantitative estimate of drug-likeness (QED) is 0.0252. The van der Waals surface area contributed by atoms with Gasteiger partial charge < -0.3 is 33.7 Å². The normalized spacial score (nSPS) is 13.9. The van der Waals surface area contributed by atoms with Crippen LogP contribution in [0.2, 0.25) is 0 Å². The number of aliphatic carboxylic acids is 1. The molecule has 8 nitrogen and oxygen atoms in total. The molecule has 0 fully saturated rings. The summed E-state index contributed by atoms with van der Waals surface area (Å²) >= 11 is 0. The standard InChI is InChI=1S/C40H69NO7/c1-5-6-7-8-9-10-11-12-13-14-15-16-17-18-19-20-21-22-23-24-25-26-27-28-29-30-31-32-38(43)47-35-37(42)36-48-40(39(44)45)46-34-33-41(2,3)4/h6-7,9-10,12-13,15-16,18-19,37,40,42H,5,8,11,14,17,20-36H2,1-4H3/b7-6-,10-9-,13-12-,16-15-,19-18-. The van der Waals surface area contributed by atoms with Crippen molar-refractivity contribution in [2.45, 2.75) is 135 Å². The van der Waals surface area contributed by atoms with Crippen LogP contribution in [-0.2, 0) is 23.8 Å². The number of aliphatic hydroxyl groups is 1. The molecular weight excluding hydrogens is 606 g/mol. The molecular formula is C40H69NO7. The summed E-state index contributed by atoms with van der Waals surface area (Å²) in [4.78, 5) is 23.1. The van der Waals surface area contributed by atoms with Crippen molar-refractivity contribution in [1.82, 2.24) is 0 Å². The first-order chi connectivity index (χ1) is 23.2. The van der Waals surface area contributed by atoms with E-state index in [1.54, 1.807) is 0 Å². The van der Waals surface area contributed by atoms with E-state index in [1.165, 1.54) is 57.8 Å². The Morgan fingerprint density at radius 1 is 0.646 bits per heavy atom. The lowest BCUT2D eigenvalue weighted by Gasteiger charge is -2.26. The molecule has 0 aliphatic carbocycles. The number of aliphatic hydroxyl groups excluding tert-OH is 1. The Morgan fingerprint density at radius 3 is 1.58 bits per heavy atom. The number of nitrogens with zero attached hydrogens (tertiary/aromatic N) is 1. The molecule has 0 aliphatic heterocycles. The molecule has 0 amide bonds. The van der Waals surface area contributed by atoms with Crippen LogP contribution in [0.25, 0.3) is 0 Å². The van der Waals surface area contributed by atoms with Crippen molar-refractivity contribution >= 4 is 11.9 Å². The number of quaternary nitrogens is 1. The molecule has 2 atom stereocenters. The lowest BCUT2D eigenvalue weighted by atomic mass is 10.0. The SMILES string of the molecule is CC/C=C\C/C=C\C/C=C\C/C=C\C/C=C\CCCCCCCCCCCCCC(=O)OCC(O)COC(OCC[N+](C)(C)C)C(=O)[O-]. The number of carboxylic acid groups (broad SMARTS) is 1. The molecule has 0 bridgehead atoms. The second kappa shape index (κ2) is 33.0. The minimum Gasteiger partial charge on any atom is -0.545 e. The zero-order valence-corrected chi connectivity index (χ0v) is 30.8. The van der Waals surface area contributed by atoms with E-state index in [9.17, 15) is 19.8 Å². The van der Waals surface area contributed by atoms with Crippen molar-refractivity contribution in [2.24, 2.45) is 0 Å². The van der Waals surface area contributed by atoms with E-state index in [1.807, 2.05) is 21.1 Å². The van der Waals surface area contributed by atoms with Crippen molar-refractivity contribution in [3.8, 4) is 0 Å². The molecule has 0 aromatic rings. The Balaban J connectivity index is 3.55. The van der Waals surface area contributed by atoms with Crippen molar-refractivity contribution in [3.05, 3.63) is 60.8 Å². The van der Waals surface area contributed by atoms with E-state index in [4.69, 9.17) is 14.2 Å². The van der Waals surface area contributed by atoms with Gasteiger partial charge in [-0.3, -0.25) is 4.79 Å². The number of carbonyl (C=O) groups excluding carboxylic acids is 2. The lowest BCUT2D eigenvalue weighted by molar-refractivity contribution is -0.870. The summed E-state index contributed by atoms with van der Waals surface area (Å²) < 4.78 is 16.0. The predicted molar refractivity (Wildman–Crippen MR) is 195 cm³/mol. The number of carbonyl (C=O) groups is 2. The molecule has 48 heavy (non-hydrogen) atoms. The molecule has 0 aromatic carbocycles. The van der Waals surface area contributed by atoms with Gasteiger partial charge in [-0.1, -0.05) is 125 Å². The maximum Gasteiger partial charge on any atom is 0.305 e. The van der Waals surface area contributed by atoms with E-state index in [2.05, 4.69) is 67.7 Å². The van der Waals surface area contributed by atoms with E-state index in [0.717, 1.165) is 51.4 Å². The van der Waals surface area contributed by atoms with Crippen LogP contribution in [0.1, 0.15) is 122 Å². The lowest BCUT2D eigenvalue weighted by Crippen LogP contribution is -2.44. The van der Waals surface area contributed by atoms with Crippen molar-refractivity contribution < 1.29 is 38.5 Å². The molecule has 0 aromatic heterocycles. The summed E-state index contributed by atoms with van der Waals surface area (Å²) in [7, 11) is 5.86. The molecule has 276 valence electrons. The summed E-state index contributed by atoms with van der Waals surface area (Å²) in [6, 6.07) is 0. The molecule has 2 unspecified atom stereocenters. The number of hydrogen-bond acceptors (Lipinski definition) is 7. The van der Waals surface area contributed by atoms with Gasteiger partial charge in [0.15, 0.2) is 6.29 Å². The number of ether oxygens (including phenoxy) is 3. The largest absolute Gasteiger partial charge is 0.545 e. The van der Waals surface area contributed by atoms with Gasteiger partial charge in [-0.05, 0) is 51.4 Å². The number of rotatable bonds is 33. The first kappa shape index (κ1) is 45.5. The second-order valence-corrected chi connectivity index (χ2v) is 13.3. The Hall–Kier alpha value is -2.52. The molecule has 1 N–H and O–H groups in total. The molecule has 0 rings (SSSR count). The summed E-state index contributed by atoms with van der Waals surface area (Å²) in [6.07, 6.45) is 39.4. The van der Waals surface area contributed by atoms with Crippen LogP contribution in [0, 0.1) is 0 Å². The maximum absolute atomic E-state index is 12.0. The fraction of sp³-hybridized carbons (Fsp3) is 0.700. The molecule has 0 radical (unpaired) electrons. The van der Waals surface area contributed by atoms with Crippen LogP contribution in [0.4, 0.5) is 0 Å². The van der Waals surface area contributed by atoms with E-state index in [-0.39, 0.29) is 25.8 Å². The molecule has 0 heterocycles. The second-order valence-electron chi connectivity index (χ2n) is 13.3. The summed E-state index contributed by atoms with van der Waals surface area (Å²) in [5, 5.41) is 21.2. The van der Waals surface area contributed by atoms with Gasteiger partial charge in [0.05, 0.1) is 40.3 Å². The van der Waals surface area contributed by atoms with Gasteiger partial charge in [0.25, 0.3) is 0 Å². The average molecular weight is 676 g/mol. The van der Waals surface area contributed by atoms with E-state index >= 15 is 0 Å². The zero-order chi connectivity index (χ0) is 35.6. The van der Waals surface area contributed by atoms with Crippen molar-refractivity contribution in [1.29, 1.82) is 0 Å². The van der Waals surface area contributed by atoms with Crippen molar-refractivity contribution in [2.75, 3.05) is 47.5 Å². The predicted octanol–water partition coefficient (Wildman–Crippen LogP) is 7.53. The van der Waals surface area contributed by atoms with Crippen LogP contribution in [0.15, 0.2) is 60.8 Å². The van der Waals surface area contributed by atoms with Crippen LogP contribution < -0.4 is 5.11 Å². The molecule has 0 saturated heterocycles. The van der Waals surface area contributed by atoms with Gasteiger partial charge in [-0.2, -0.15) is 0 Å². The van der Waals surface area contributed by atoms with Crippen LogP contribution in [0.3, 0.4) is 0 Å². The average Bonchev–Trinajstić information content (AvgIpc) is 3.04. The zero-order valence-electron chi connectivity index (χ0n) is 30.8. The van der Waals surface area contributed by atoms with Crippen LogP contribution in [-0.4, -0.2) is 81.4 Å². The van der Waals surface area contributed by atoms with E-state index in [0.29, 0.717) is 17.4 Å². The van der Waals surface area contributed by atoms with Gasteiger partial charge >= 0.3 is 5.97 Å². The Labute approximate surface area is 293 Å². The van der Waals surface area contributed by atoms with Crippen molar-refractivity contribution in [3.63, 3.8) is 0 Å². The van der Waals surface area contributed by atoms with Gasteiger partial charge in [-0.15, -0.1) is 0 Å². The highest BCUT2D eigenvalue weighted by molar-refractivity contribution is 5.69. The summed E-state index contributed by atoms with van der Waals surface area (Å²) in [5.74, 6) is -1.88. The Bertz CT molecular complexity index is 917. The van der Waals surface area contributed by atoms with Gasteiger partial charge in [0.1, 0.15) is 19.3 Å². The highest BCUT2D eigenvalue weighted by Crippen LogP contribution is 2.13. The topological polar surface area (TPSA) is 105 Å². The first-order valence-electron chi connectivity index (χ1n) is 18.5. The molecule has 0 aliphatic rings. The maximum atomic E-state index is 12.0. The van der Waals surface area contributed by atoms with Gasteiger partial charge in [-0.25, -0.2) is 0 Å². The molecule has 0 saturated carbocycles. The fourth-order valence-electron chi connectivity index (χ4n) is 4.62. The van der Waals surface area contributed by atoms with Crippen LogP contribution >= 0.6 is 0 Å². The summed E-state index contributed by atoms with van der Waals surface area (Å²) in [5.41, 5.74) is 0. The smallest absolute Gasteiger partial charge is 0.305 e. The first-order valence-corrected chi connectivity index (χ1v) is 18.5. The molecule has 0 spiro atoms. The fourth-order valence-corrected chi connectivity index (χ4v) is 4.62. The number of allylic oxidation sites excluding steroid dienone is 10. The van der Waals surface area contributed by atoms with Gasteiger partial charge in [0.2, 0.25) is 0 Å². The number of likely N-dealkylation sites (N-methyl/N-ethyl adjacent to an activating group) is 1. The number of unbranched alkanes of at least 4 members (excludes halogenated alkanes) is 11. The minimum absolute atomic E-state index is 0.167. The third kappa shape index (κ3) is 34.8. The third-order valence-corrected chi connectivity index (χ3v) is 7.51. The Kier molecular flexibility index (Phi) is 31.3. The molecule has 8 heteroatoms. The van der Waals surface area contributed by atoms with Gasteiger partial charge in [0, 0.05) is 6.42 Å². The van der Waals surface area contributed by atoms with E-state index < -0.39 is 18.4 Å². The Morgan fingerprint density at radius 2 is 1.10 bits per heavy atom. The number of hydrogen-bond donors (Lipinski definition) is 1. The van der Waals surface area contributed by atoms with Crippen LogP contribution in [0.5, 0.6) is 0 Å². The number of esters is 1. The number of carboxylic acids is 1.